The van der Waals surface area contributed by atoms with Gasteiger partial charge in [0.25, 0.3) is 0 Å². The molecular formula is C33H33Cl2N3O4. The van der Waals surface area contributed by atoms with Crippen LogP contribution in [-0.2, 0) is 4.74 Å². The second kappa shape index (κ2) is 11.7. The number of anilines is 1. The largest absolute Gasteiger partial charge is 0.478 e. The molecule has 3 heterocycles. The topological polar surface area (TPSA) is 78.0 Å². The first kappa shape index (κ1) is 28.6. The molecule has 1 aromatic heterocycles. The zero-order chi connectivity index (χ0) is 29.4. The lowest BCUT2D eigenvalue weighted by molar-refractivity contribution is -0.0101. The second-order valence-corrected chi connectivity index (χ2v) is 12.4. The lowest BCUT2D eigenvalue weighted by Crippen LogP contribution is -2.47. The van der Waals surface area contributed by atoms with E-state index in [2.05, 4.69) is 40.8 Å². The van der Waals surface area contributed by atoms with Gasteiger partial charge in [0, 0.05) is 73.0 Å². The Hall–Kier alpha value is -3.49. The van der Waals surface area contributed by atoms with Crippen LogP contribution in [0, 0.1) is 0 Å². The van der Waals surface area contributed by atoms with Crippen LogP contribution in [0.4, 0.5) is 5.69 Å². The van der Waals surface area contributed by atoms with Crippen molar-refractivity contribution in [2.75, 3.05) is 44.2 Å². The Bertz CT molecular complexity index is 1650. The van der Waals surface area contributed by atoms with Gasteiger partial charge in [-0.3, -0.25) is 4.90 Å². The zero-order valence-electron chi connectivity index (χ0n) is 23.6. The number of carboxylic acids is 1. The summed E-state index contributed by atoms with van der Waals surface area (Å²) in [5.74, 6) is -0.377. The van der Waals surface area contributed by atoms with Crippen molar-refractivity contribution in [1.82, 2.24) is 9.88 Å². The van der Waals surface area contributed by atoms with Crippen molar-refractivity contribution >= 4 is 51.3 Å². The Morgan fingerprint density at radius 1 is 1.00 bits per heavy atom. The fourth-order valence-corrected chi connectivity index (χ4v) is 6.05. The minimum Gasteiger partial charge on any atom is -0.478 e. The van der Waals surface area contributed by atoms with Gasteiger partial charge in [-0.2, -0.15) is 0 Å². The molecule has 0 spiro atoms. The Morgan fingerprint density at radius 3 is 2.50 bits per heavy atom. The number of halogens is 2. The number of ether oxygens (including phenoxy) is 2. The van der Waals surface area contributed by atoms with Crippen LogP contribution in [0.15, 0.2) is 72.4 Å². The molecule has 0 amide bonds. The third-order valence-corrected chi connectivity index (χ3v) is 8.58. The predicted molar refractivity (Wildman–Crippen MR) is 168 cm³/mol. The van der Waals surface area contributed by atoms with Gasteiger partial charge >= 0.3 is 5.97 Å². The Labute approximate surface area is 255 Å². The van der Waals surface area contributed by atoms with Gasteiger partial charge < -0.3 is 24.5 Å². The Morgan fingerprint density at radius 2 is 1.76 bits per heavy atom. The number of nitrogens with zero attached hydrogens (tertiary/aromatic N) is 2. The molecule has 1 fully saturated rings. The maximum atomic E-state index is 12.0. The van der Waals surface area contributed by atoms with Crippen LogP contribution in [0.5, 0.6) is 11.5 Å². The molecule has 218 valence electrons. The summed E-state index contributed by atoms with van der Waals surface area (Å²) in [5.41, 5.74) is 5.53. The van der Waals surface area contributed by atoms with Crippen molar-refractivity contribution in [1.29, 1.82) is 0 Å². The van der Waals surface area contributed by atoms with E-state index in [1.54, 1.807) is 18.2 Å². The van der Waals surface area contributed by atoms with E-state index in [-0.39, 0.29) is 16.9 Å². The minimum absolute atomic E-state index is 0.0875. The highest BCUT2D eigenvalue weighted by molar-refractivity contribution is 6.32. The number of hydrogen-bond acceptors (Lipinski definition) is 5. The molecule has 0 atom stereocenters. The van der Waals surface area contributed by atoms with Gasteiger partial charge in [0.05, 0.1) is 17.2 Å². The average Bonchev–Trinajstić information content (AvgIpc) is 3.42. The van der Waals surface area contributed by atoms with Crippen LogP contribution < -0.4 is 9.64 Å². The molecule has 6 rings (SSSR count). The lowest BCUT2D eigenvalue weighted by atomic mass is 9.87. The Kier molecular flexibility index (Phi) is 7.94. The van der Waals surface area contributed by atoms with E-state index in [4.69, 9.17) is 32.7 Å². The summed E-state index contributed by atoms with van der Waals surface area (Å²) < 4.78 is 12.3. The normalized spacial score (nSPS) is 17.6. The van der Waals surface area contributed by atoms with Crippen LogP contribution in [0.3, 0.4) is 0 Å². The number of piperazine rings is 1. The molecular weight excluding hydrogens is 573 g/mol. The molecule has 2 aliphatic rings. The lowest BCUT2D eigenvalue weighted by Gasteiger charge is -2.39. The number of carbonyl (C=O) groups is 1. The molecule has 9 heteroatoms. The summed E-state index contributed by atoms with van der Waals surface area (Å²) in [4.78, 5) is 19.9. The van der Waals surface area contributed by atoms with Gasteiger partial charge in [-0.15, -0.1) is 0 Å². The third-order valence-electron chi connectivity index (χ3n) is 8.03. The fraction of sp³-hybridized carbons (Fsp3) is 0.303. The number of hydrogen-bond donors (Lipinski definition) is 2. The number of aromatic amines is 1. The second-order valence-electron chi connectivity index (χ2n) is 11.5. The summed E-state index contributed by atoms with van der Waals surface area (Å²) >= 11 is 12.6. The van der Waals surface area contributed by atoms with E-state index < -0.39 is 5.97 Å². The molecule has 1 saturated heterocycles. The number of H-pyrrole nitrogens is 1. The quantitative estimate of drug-likeness (QED) is 0.224. The molecule has 0 unspecified atom stereocenters. The molecule has 0 radical (unpaired) electrons. The van der Waals surface area contributed by atoms with Crippen molar-refractivity contribution < 1.29 is 19.4 Å². The smallest absolute Gasteiger partial charge is 0.339 e. The Balaban J connectivity index is 1.18. The summed E-state index contributed by atoms with van der Waals surface area (Å²) in [6.07, 6.45) is 2.68. The van der Waals surface area contributed by atoms with Crippen molar-refractivity contribution in [2.24, 2.45) is 0 Å². The highest BCUT2D eigenvalue weighted by atomic mass is 35.5. The van der Waals surface area contributed by atoms with E-state index in [1.807, 2.05) is 36.5 Å². The first-order chi connectivity index (χ1) is 20.1. The number of aromatic carboxylic acids is 1. The van der Waals surface area contributed by atoms with E-state index in [1.165, 1.54) is 16.7 Å². The molecule has 0 bridgehead atoms. The van der Waals surface area contributed by atoms with Crippen LogP contribution in [0.25, 0.3) is 16.5 Å². The molecule has 0 saturated carbocycles. The van der Waals surface area contributed by atoms with Gasteiger partial charge in [0.2, 0.25) is 0 Å². The first-order valence-electron chi connectivity index (χ1n) is 14.1. The SMILES string of the molecule is CC1(C)CC(c2ccc(Cl)cc2)=C(CN2CCN(c3ccc(C(=O)O)c(Oc4cc5cc[nH]c5cc4Cl)c3)CC2)CO1. The van der Waals surface area contributed by atoms with Crippen LogP contribution >= 0.6 is 23.2 Å². The van der Waals surface area contributed by atoms with Gasteiger partial charge in [0.1, 0.15) is 17.1 Å². The molecule has 3 aromatic carbocycles. The summed E-state index contributed by atoms with van der Waals surface area (Å²) in [6, 6.07) is 18.9. The maximum Gasteiger partial charge on any atom is 0.339 e. The molecule has 2 N–H and O–H groups in total. The summed E-state index contributed by atoms with van der Waals surface area (Å²) in [5, 5.41) is 11.9. The monoisotopic (exact) mass is 605 g/mol. The average molecular weight is 607 g/mol. The number of benzene rings is 3. The molecule has 7 nitrogen and oxygen atoms in total. The number of rotatable bonds is 7. The summed E-state index contributed by atoms with van der Waals surface area (Å²) in [7, 11) is 0. The first-order valence-corrected chi connectivity index (χ1v) is 14.8. The molecule has 4 aromatic rings. The van der Waals surface area contributed by atoms with Crippen molar-refractivity contribution in [3.63, 3.8) is 0 Å². The van der Waals surface area contributed by atoms with Gasteiger partial charge in [-0.05, 0) is 73.0 Å². The predicted octanol–water partition coefficient (Wildman–Crippen LogP) is 7.74. The third kappa shape index (κ3) is 6.15. The molecule has 2 aliphatic heterocycles. The number of carboxylic acid groups (broad SMARTS) is 1. The number of fused-ring (bicyclic) bond motifs is 1. The van der Waals surface area contributed by atoms with Crippen LogP contribution in [0.1, 0.15) is 36.2 Å². The van der Waals surface area contributed by atoms with E-state index in [0.717, 1.165) is 60.8 Å². The van der Waals surface area contributed by atoms with Crippen molar-refractivity contribution in [2.45, 2.75) is 25.9 Å². The van der Waals surface area contributed by atoms with E-state index in [9.17, 15) is 9.90 Å². The van der Waals surface area contributed by atoms with E-state index >= 15 is 0 Å². The molecule has 0 aliphatic carbocycles. The molecule has 42 heavy (non-hydrogen) atoms. The van der Waals surface area contributed by atoms with Crippen LogP contribution in [0.2, 0.25) is 10.0 Å². The van der Waals surface area contributed by atoms with E-state index in [0.29, 0.717) is 17.4 Å². The van der Waals surface area contributed by atoms with Gasteiger partial charge in [-0.25, -0.2) is 4.79 Å². The summed E-state index contributed by atoms with van der Waals surface area (Å²) in [6.45, 7) is 9.07. The van der Waals surface area contributed by atoms with Crippen molar-refractivity contribution in [3.8, 4) is 11.5 Å². The van der Waals surface area contributed by atoms with Gasteiger partial charge in [-0.1, -0.05) is 35.3 Å². The maximum absolute atomic E-state index is 12.0. The fourth-order valence-electron chi connectivity index (χ4n) is 5.72. The number of aromatic nitrogens is 1. The van der Waals surface area contributed by atoms with Crippen LogP contribution in [-0.4, -0.2) is 65.9 Å². The van der Waals surface area contributed by atoms with Gasteiger partial charge in [0.15, 0.2) is 0 Å². The minimum atomic E-state index is -1.05. The van der Waals surface area contributed by atoms with Crippen molar-refractivity contribution in [3.05, 3.63) is 93.6 Å². The highest BCUT2D eigenvalue weighted by Gasteiger charge is 2.30. The number of nitrogens with one attached hydrogen (secondary N) is 1. The highest BCUT2D eigenvalue weighted by Crippen LogP contribution is 2.38. The standard InChI is InChI=1S/C33H33Cl2N3O4/c1-33(2)18-27(21-3-5-24(34)6-4-21)23(20-41-33)19-37-11-13-38(14-12-37)25-7-8-26(32(39)40)30(16-25)42-31-15-22-9-10-36-29(22)17-28(31)35/h3-10,15-17,36H,11-14,18-20H2,1-2H3,(H,39,40). The zero-order valence-corrected chi connectivity index (χ0v) is 25.1.